The molecule has 1 saturated heterocycles. The van der Waals surface area contributed by atoms with Gasteiger partial charge in [-0.15, -0.1) is 0 Å². The smallest absolute Gasteiger partial charge is 0.336 e. The largest absolute Gasteiger partial charge is 0.481 e. The number of carbonyl (C=O) groups is 3. The maximum Gasteiger partial charge on any atom is 0.336 e. The standard InChI is InChI=1S/C13H20N2O6/c1-20-12(18)10-7-15(4-5-21-10)13(19)14-9-3-2-8(6-9)11(16)17/h8-10H,2-7H2,1H3,(H,14,19)(H,16,17). The monoisotopic (exact) mass is 300 g/mol. The molecule has 0 aromatic rings. The first-order valence-electron chi connectivity index (χ1n) is 6.99. The van der Waals surface area contributed by atoms with E-state index in [2.05, 4.69) is 10.1 Å². The molecule has 118 valence electrons. The van der Waals surface area contributed by atoms with Crippen molar-refractivity contribution in [1.29, 1.82) is 0 Å². The van der Waals surface area contributed by atoms with E-state index in [9.17, 15) is 14.4 Å². The summed E-state index contributed by atoms with van der Waals surface area (Å²) in [5, 5.41) is 11.8. The van der Waals surface area contributed by atoms with E-state index >= 15 is 0 Å². The molecule has 2 rings (SSSR count). The van der Waals surface area contributed by atoms with E-state index in [0.717, 1.165) is 0 Å². The van der Waals surface area contributed by atoms with Crippen molar-refractivity contribution in [3.8, 4) is 0 Å². The van der Waals surface area contributed by atoms with Crippen LogP contribution in [0.4, 0.5) is 4.79 Å². The van der Waals surface area contributed by atoms with Crippen LogP contribution in [0.1, 0.15) is 19.3 Å². The van der Waals surface area contributed by atoms with E-state index in [-0.39, 0.29) is 31.1 Å². The minimum absolute atomic E-state index is 0.127. The highest BCUT2D eigenvalue weighted by Gasteiger charge is 2.34. The zero-order valence-electron chi connectivity index (χ0n) is 11.9. The average Bonchev–Trinajstić information content (AvgIpc) is 2.95. The molecular weight excluding hydrogens is 280 g/mol. The summed E-state index contributed by atoms with van der Waals surface area (Å²) in [4.78, 5) is 36.0. The molecule has 0 aromatic heterocycles. The molecular formula is C13H20N2O6. The van der Waals surface area contributed by atoms with Crippen LogP contribution in [0.3, 0.4) is 0 Å². The van der Waals surface area contributed by atoms with E-state index in [0.29, 0.717) is 25.8 Å². The lowest BCUT2D eigenvalue weighted by atomic mass is 10.1. The molecule has 1 aliphatic carbocycles. The number of carboxylic acid groups (broad SMARTS) is 1. The van der Waals surface area contributed by atoms with E-state index in [1.165, 1.54) is 12.0 Å². The molecule has 1 saturated carbocycles. The highest BCUT2D eigenvalue weighted by Crippen LogP contribution is 2.25. The third-order valence-corrected chi connectivity index (χ3v) is 3.93. The first kappa shape index (κ1) is 15.6. The van der Waals surface area contributed by atoms with Crippen molar-refractivity contribution in [3.05, 3.63) is 0 Å². The Morgan fingerprint density at radius 3 is 2.71 bits per heavy atom. The van der Waals surface area contributed by atoms with Crippen LogP contribution >= 0.6 is 0 Å². The normalized spacial score (nSPS) is 29.0. The number of aliphatic carboxylic acids is 1. The number of morpholine rings is 1. The van der Waals surface area contributed by atoms with Gasteiger partial charge in [0.25, 0.3) is 0 Å². The van der Waals surface area contributed by atoms with Crippen LogP contribution in [0, 0.1) is 5.92 Å². The first-order valence-corrected chi connectivity index (χ1v) is 6.99. The molecule has 0 spiro atoms. The maximum atomic E-state index is 12.1. The molecule has 3 atom stereocenters. The van der Waals surface area contributed by atoms with Gasteiger partial charge in [-0.1, -0.05) is 0 Å². The van der Waals surface area contributed by atoms with Crippen LogP contribution in [0.25, 0.3) is 0 Å². The molecule has 0 radical (unpaired) electrons. The van der Waals surface area contributed by atoms with Crippen molar-refractivity contribution < 1.29 is 29.0 Å². The Kier molecular flexibility index (Phi) is 5.00. The summed E-state index contributed by atoms with van der Waals surface area (Å²) in [6.45, 7) is 0.817. The van der Waals surface area contributed by atoms with Gasteiger partial charge in [0.2, 0.25) is 0 Å². The van der Waals surface area contributed by atoms with Gasteiger partial charge in [-0.3, -0.25) is 4.79 Å². The van der Waals surface area contributed by atoms with Crippen molar-refractivity contribution in [2.45, 2.75) is 31.4 Å². The second kappa shape index (κ2) is 6.75. The number of hydrogen-bond acceptors (Lipinski definition) is 5. The molecule has 8 nitrogen and oxygen atoms in total. The predicted molar refractivity (Wildman–Crippen MR) is 70.6 cm³/mol. The minimum atomic E-state index is -0.816. The number of rotatable bonds is 3. The van der Waals surface area contributed by atoms with Gasteiger partial charge in [0, 0.05) is 12.6 Å². The molecule has 2 amide bonds. The van der Waals surface area contributed by atoms with Gasteiger partial charge in [0.1, 0.15) is 0 Å². The summed E-state index contributed by atoms with van der Waals surface area (Å²) < 4.78 is 9.86. The van der Waals surface area contributed by atoms with Crippen LogP contribution in [0.15, 0.2) is 0 Å². The number of esters is 1. The summed E-state index contributed by atoms with van der Waals surface area (Å²) in [7, 11) is 1.27. The zero-order chi connectivity index (χ0) is 15.4. The van der Waals surface area contributed by atoms with Gasteiger partial charge < -0.3 is 24.8 Å². The maximum absolute atomic E-state index is 12.1. The Hall–Kier alpha value is -1.83. The Labute approximate surface area is 122 Å². The predicted octanol–water partition coefficient (Wildman–Crippen LogP) is -0.177. The lowest BCUT2D eigenvalue weighted by Gasteiger charge is -2.32. The molecule has 2 N–H and O–H groups in total. The summed E-state index contributed by atoms with van der Waals surface area (Å²) in [6.07, 6.45) is 0.929. The highest BCUT2D eigenvalue weighted by atomic mass is 16.6. The van der Waals surface area contributed by atoms with Crippen molar-refractivity contribution in [1.82, 2.24) is 10.2 Å². The summed E-state index contributed by atoms with van der Waals surface area (Å²) in [6, 6.07) is -0.415. The molecule has 8 heteroatoms. The van der Waals surface area contributed by atoms with Crippen LogP contribution in [-0.4, -0.2) is 66.9 Å². The number of nitrogens with one attached hydrogen (secondary N) is 1. The molecule has 2 fully saturated rings. The number of nitrogens with zero attached hydrogens (tertiary/aromatic N) is 1. The van der Waals surface area contributed by atoms with Crippen molar-refractivity contribution in [3.63, 3.8) is 0 Å². The molecule has 1 heterocycles. The summed E-state index contributed by atoms with van der Waals surface area (Å²) >= 11 is 0. The van der Waals surface area contributed by atoms with Crippen LogP contribution < -0.4 is 5.32 Å². The summed E-state index contributed by atoms with van der Waals surface area (Å²) in [5.74, 6) is -1.70. The van der Waals surface area contributed by atoms with E-state index in [1.54, 1.807) is 0 Å². The third kappa shape index (κ3) is 3.84. The molecule has 0 bridgehead atoms. The van der Waals surface area contributed by atoms with Crippen LogP contribution in [0.2, 0.25) is 0 Å². The molecule has 3 unspecified atom stereocenters. The second-order valence-corrected chi connectivity index (χ2v) is 5.32. The van der Waals surface area contributed by atoms with Crippen molar-refractivity contribution in [2.75, 3.05) is 26.8 Å². The lowest BCUT2D eigenvalue weighted by Crippen LogP contribution is -2.53. The Morgan fingerprint density at radius 1 is 1.33 bits per heavy atom. The number of amides is 2. The second-order valence-electron chi connectivity index (χ2n) is 5.32. The highest BCUT2D eigenvalue weighted by molar-refractivity contribution is 5.78. The lowest BCUT2D eigenvalue weighted by molar-refractivity contribution is -0.158. The Morgan fingerprint density at radius 2 is 2.10 bits per heavy atom. The minimum Gasteiger partial charge on any atom is -0.481 e. The topological polar surface area (TPSA) is 105 Å². The van der Waals surface area contributed by atoms with Crippen LogP contribution in [0.5, 0.6) is 0 Å². The fourth-order valence-corrected chi connectivity index (χ4v) is 2.71. The number of urea groups is 1. The Balaban J connectivity index is 1.83. The summed E-state index contributed by atoms with van der Waals surface area (Å²) in [5.41, 5.74) is 0. The van der Waals surface area contributed by atoms with Crippen molar-refractivity contribution >= 4 is 18.0 Å². The van der Waals surface area contributed by atoms with Crippen LogP contribution in [-0.2, 0) is 19.1 Å². The quantitative estimate of drug-likeness (QED) is 0.701. The van der Waals surface area contributed by atoms with E-state index in [4.69, 9.17) is 9.84 Å². The number of hydrogen-bond donors (Lipinski definition) is 2. The molecule has 2 aliphatic rings. The third-order valence-electron chi connectivity index (χ3n) is 3.93. The number of methoxy groups -OCH3 is 1. The van der Waals surface area contributed by atoms with Gasteiger partial charge in [0.05, 0.1) is 26.2 Å². The number of carbonyl (C=O) groups excluding carboxylic acids is 2. The molecule has 1 aliphatic heterocycles. The fraction of sp³-hybridized carbons (Fsp3) is 0.769. The molecule has 21 heavy (non-hydrogen) atoms. The van der Waals surface area contributed by atoms with Gasteiger partial charge in [-0.25, -0.2) is 9.59 Å². The van der Waals surface area contributed by atoms with Gasteiger partial charge >= 0.3 is 18.0 Å². The zero-order valence-corrected chi connectivity index (χ0v) is 11.9. The van der Waals surface area contributed by atoms with Gasteiger partial charge in [-0.2, -0.15) is 0 Å². The van der Waals surface area contributed by atoms with Gasteiger partial charge in [0.15, 0.2) is 6.10 Å². The Bertz CT molecular complexity index is 427. The number of ether oxygens (including phenoxy) is 2. The van der Waals surface area contributed by atoms with Crippen molar-refractivity contribution in [2.24, 2.45) is 5.92 Å². The van der Waals surface area contributed by atoms with E-state index in [1.807, 2.05) is 0 Å². The molecule has 0 aromatic carbocycles. The van der Waals surface area contributed by atoms with Gasteiger partial charge in [-0.05, 0) is 19.3 Å². The SMILES string of the molecule is COC(=O)C1CN(C(=O)NC2CCC(C(=O)O)C2)CCO1. The first-order chi connectivity index (χ1) is 10.0. The van der Waals surface area contributed by atoms with E-state index < -0.39 is 18.0 Å². The fourth-order valence-electron chi connectivity index (χ4n) is 2.71. The average molecular weight is 300 g/mol. The number of carboxylic acids is 1.